The predicted octanol–water partition coefficient (Wildman–Crippen LogP) is 6.82. The van der Waals surface area contributed by atoms with Crippen LogP contribution in [0.3, 0.4) is 0 Å². The highest BCUT2D eigenvalue weighted by atomic mass is 16.5. The predicted molar refractivity (Wildman–Crippen MR) is 332 cm³/mol. The lowest BCUT2D eigenvalue weighted by molar-refractivity contribution is 0.109. The number of ether oxygens (including phenoxy) is 1. The van der Waals surface area contributed by atoms with E-state index in [2.05, 4.69) is 174 Å². The number of hydrogen-bond acceptors (Lipinski definition) is 13. The van der Waals surface area contributed by atoms with Gasteiger partial charge in [-0.1, -0.05) is 125 Å². The molecule has 0 unspecified atom stereocenters. The molecule has 0 radical (unpaired) electrons. The minimum Gasteiger partial charge on any atom is -0.379 e. The fourth-order valence-electron chi connectivity index (χ4n) is 10.0. The number of likely N-dealkylation sites (N-methyl/N-ethyl adjacent to an activating group) is 2. The summed E-state index contributed by atoms with van der Waals surface area (Å²) >= 11 is 0. The summed E-state index contributed by atoms with van der Waals surface area (Å²) in [6.07, 6.45) is 18.0. The fraction of sp³-hybridized carbons (Fsp3) is 0.719. The molecule has 0 bridgehead atoms. The lowest BCUT2D eigenvalue weighted by atomic mass is 9.91. The summed E-state index contributed by atoms with van der Waals surface area (Å²) in [6.45, 7) is 36.9. The van der Waals surface area contributed by atoms with E-state index in [1.165, 1.54) is 205 Å². The first-order valence-electron chi connectivity index (χ1n) is 31.4. The molecule has 3 aromatic rings. The first-order chi connectivity index (χ1) is 38.1. The monoisotopic (exact) mass is 1070 g/mol. The van der Waals surface area contributed by atoms with Crippen molar-refractivity contribution in [2.75, 3.05) is 195 Å². The standard InChI is InChI=1S/C12H18N2.C12H17N.C10H14N2.C6H14N2.C6H12.C5H12N2.C5H11N.C4H9NO.C4H9N/c1-2-4-12(5-3-1)6-9-14-10-7-13-8-11-14;1-2-4-11(5-3-1)10-12-6-8-13-9-7-12;1-2-4-10(5-3-1)12-8-6-11-7-9-12;1-2-8-5-3-7-4-6-8;1-2-3-6-4-5-6;1-7-4-2-6-3-5-7;1-2-4-6-5-3-1;1-3-6-4-2-5-1;1-2-4-5-3-1/h1-5,13H,6-11H2;1-5,12-13H,6-10H2;1-5,11H,6-9H2;7H,2-6H2,1H3;6H,2-5H2,1H3;6H,2-5H2,1H3;6H,1-5H2;5H,1-4H2;5H,1-4H2. The second-order valence-corrected chi connectivity index (χ2v) is 21.9. The number of nitrogens with zero attached hydrogens (tertiary/aromatic N) is 4. The average Bonchev–Trinajstić information content (AvgIpc) is 4.13. The third-order valence-corrected chi connectivity index (χ3v) is 15.2. The molecule has 1 aliphatic carbocycles. The molecule has 1 saturated carbocycles. The Bertz CT molecular complexity index is 1610. The van der Waals surface area contributed by atoms with Crippen molar-refractivity contribution in [2.45, 2.75) is 97.3 Å². The van der Waals surface area contributed by atoms with E-state index >= 15 is 0 Å². The van der Waals surface area contributed by atoms with Crippen LogP contribution in [0.1, 0.15) is 95.6 Å². The molecule has 12 rings (SSSR count). The van der Waals surface area contributed by atoms with Gasteiger partial charge in [0.15, 0.2) is 0 Å². The van der Waals surface area contributed by atoms with Gasteiger partial charge in [0.25, 0.3) is 0 Å². The molecule has 8 heterocycles. The number of rotatable bonds is 9. The molecule has 13 nitrogen and oxygen atoms in total. The third-order valence-electron chi connectivity index (χ3n) is 15.2. The van der Waals surface area contributed by atoms with Crippen LogP contribution in [0.4, 0.5) is 5.69 Å². The van der Waals surface area contributed by atoms with Gasteiger partial charge < -0.3 is 66.9 Å². The molecule has 8 saturated heterocycles. The summed E-state index contributed by atoms with van der Waals surface area (Å²) in [5, 5.41) is 26.4. The van der Waals surface area contributed by atoms with Gasteiger partial charge in [-0.05, 0) is 139 Å². The van der Waals surface area contributed by atoms with Crippen molar-refractivity contribution in [3.63, 3.8) is 0 Å². The van der Waals surface area contributed by atoms with Crippen molar-refractivity contribution in [1.82, 2.24) is 57.2 Å². The maximum Gasteiger partial charge on any atom is 0.0591 e. The maximum atomic E-state index is 5.01. The maximum absolute atomic E-state index is 5.01. The summed E-state index contributed by atoms with van der Waals surface area (Å²) in [5.74, 6) is 2.05. The lowest BCUT2D eigenvalue weighted by Gasteiger charge is -2.29. The van der Waals surface area contributed by atoms with Crippen LogP contribution in [-0.4, -0.2) is 205 Å². The highest BCUT2D eigenvalue weighted by Crippen LogP contribution is 2.33. The van der Waals surface area contributed by atoms with Crippen molar-refractivity contribution in [3.8, 4) is 0 Å². The SMILES string of the molecule is C1CCNC1.C1CCNCC1.C1COCCN1.CCCC1CC1.CCN1CCNCC1.CN1CCNCC1.c1ccc(CC2CCNCC2)cc1.c1ccc(CCN2CCNCC2)cc1.c1ccc(N2CCNCC2)cc1. The first-order valence-corrected chi connectivity index (χ1v) is 31.4. The summed E-state index contributed by atoms with van der Waals surface area (Å²) < 4.78 is 5.01. The van der Waals surface area contributed by atoms with Crippen LogP contribution >= 0.6 is 0 Å². The second-order valence-electron chi connectivity index (χ2n) is 21.9. The molecular formula is C64H116N12O. The minimum atomic E-state index is 0.889. The lowest BCUT2D eigenvalue weighted by Crippen LogP contribution is -2.44. The van der Waals surface area contributed by atoms with Gasteiger partial charge in [-0.3, -0.25) is 0 Å². The zero-order valence-electron chi connectivity index (χ0n) is 49.5. The topological polar surface area (TPSA) is 118 Å². The molecule has 438 valence electrons. The van der Waals surface area contributed by atoms with Crippen molar-refractivity contribution in [2.24, 2.45) is 11.8 Å². The Hall–Kier alpha value is -3.02. The average molecular weight is 1070 g/mol. The number of hydrogen-bond donors (Lipinski definition) is 8. The zero-order valence-corrected chi connectivity index (χ0v) is 49.5. The molecule has 3 aromatic carbocycles. The van der Waals surface area contributed by atoms with Gasteiger partial charge in [0.1, 0.15) is 0 Å². The quantitative estimate of drug-likeness (QED) is 0.115. The Kier molecular flexibility index (Phi) is 41.2. The van der Waals surface area contributed by atoms with Gasteiger partial charge in [-0.25, -0.2) is 0 Å². The van der Waals surface area contributed by atoms with Crippen LogP contribution in [0.15, 0.2) is 91.0 Å². The number of anilines is 1. The fourth-order valence-corrected chi connectivity index (χ4v) is 10.0. The molecule has 0 aromatic heterocycles. The smallest absolute Gasteiger partial charge is 0.0591 e. The summed E-state index contributed by atoms with van der Waals surface area (Å²) in [4.78, 5) is 9.73. The number of benzene rings is 3. The first kappa shape index (κ1) is 66.5. The number of para-hydroxylation sites is 1. The summed E-state index contributed by atoms with van der Waals surface area (Å²) in [7, 11) is 2.15. The molecule has 8 aliphatic heterocycles. The van der Waals surface area contributed by atoms with E-state index in [0.29, 0.717) is 0 Å². The van der Waals surface area contributed by atoms with Gasteiger partial charge in [0.05, 0.1) is 13.2 Å². The molecule has 0 amide bonds. The van der Waals surface area contributed by atoms with E-state index in [9.17, 15) is 0 Å². The van der Waals surface area contributed by atoms with Crippen molar-refractivity contribution in [3.05, 3.63) is 102 Å². The molecule has 9 fully saturated rings. The summed E-state index contributed by atoms with van der Waals surface area (Å²) in [6, 6.07) is 32.2. The van der Waals surface area contributed by atoms with Crippen LogP contribution < -0.4 is 47.4 Å². The Balaban J connectivity index is 0.000000191. The molecule has 0 atom stereocenters. The highest BCUT2D eigenvalue weighted by molar-refractivity contribution is 5.46. The molecular weight excluding hydrogens is 953 g/mol. The number of morpholine rings is 1. The van der Waals surface area contributed by atoms with Crippen LogP contribution in [-0.2, 0) is 17.6 Å². The van der Waals surface area contributed by atoms with Gasteiger partial charge in [0, 0.05) is 130 Å². The third kappa shape index (κ3) is 37.5. The van der Waals surface area contributed by atoms with E-state index in [-0.39, 0.29) is 0 Å². The summed E-state index contributed by atoms with van der Waals surface area (Å²) in [5.41, 5.74) is 4.29. The number of nitrogens with one attached hydrogen (secondary N) is 8. The van der Waals surface area contributed by atoms with Crippen LogP contribution in [0.5, 0.6) is 0 Å². The molecule has 9 aliphatic rings. The Morgan fingerprint density at radius 1 is 0.416 bits per heavy atom. The van der Waals surface area contributed by atoms with Crippen LogP contribution in [0, 0.1) is 11.8 Å². The van der Waals surface area contributed by atoms with Gasteiger partial charge >= 0.3 is 0 Å². The largest absolute Gasteiger partial charge is 0.379 e. The van der Waals surface area contributed by atoms with Crippen LogP contribution in [0.25, 0.3) is 0 Å². The van der Waals surface area contributed by atoms with Crippen molar-refractivity contribution < 1.29 is 4.74 Å². The van der Waals surface area contributed by atoms with E-state index in [1.807, 2.05) is 0 Å². The van der Waals surface area contributed by atoms with Crippen LogP contribution in [0.2, 0.25) is 0 Å². The van der Waals surface area contributed by atoms with E-state index in [0.717, 1.165) is 90.5 Å². The highest BCUT2D eigenvalue weighted by Gasteiger charge is 2.19. The Morgan fingerprint density at radius 2 is 0.844 bits per heavy atom. The van der Waals surface area contributed by atoms with Crippen molar-refractivity contribution >= 4 is 5.69 Å². The van der Waals surface area contributed by atoms with Gasteiger partial charge in [-0.2, -0.15) is 0 Å². The Morgan fingerprint density at radius 3 is 1.22 bits per heavy atom. The van der Waals surface area contributed by atoms with E-state index in [4.69, 9.17) is 4.74 Å². The molecule has 77 heavy (non-hydrogen) atoms. The van der Waals surface area contributed by atoms with Gasteiger partial charge in [-0.15, -0.1) is 0 Å². The number of piperazine rings is 4. The van der Waals surface area contributed by atoms with E-state index < -0.39 is 0 Å². The van der Waals surface area contributed by atoms with Crippen molar-refractivity contribution in [1.29, 1.82) is 0 Å². The minimum absolute atomic E-state index is 0.889. The Labute approximate surface area is 472 Å². The van der Waals surface area contributed by atoms with E-state index in [1.54, 1.807) is 0 Å². The van der Waals surface area contributed by atoms with Gasteiger partial charge in [0.2, 0.25) is 0 Å². The zero-order chi connectivity index (χ0) is 54.2. The second kappa shape index (κ2) is 47.8. The number of piperidine rings is 2. The normalized spacial score (nSPS) is 21.0. The molecule has 0 spiro atoms. The molecule has 13 heteroatoms. The molecule has 8 N–H and O–H groups in total.